The number of aryl methyl sites for hydroxylation is 2. The Kier molecular flexibility index (Phi) is 9.00. The van der Waals surface area contributed by atoms with E-state index < -0.39 is 0 Å². The molecule has 3 heterocycles. The minimum absolute atomic E-state index is 1.00. The molecule has 0 amide bonds. The normalized spacial score (nSPS) is 11.6. The highest BCUT2D eigenvalue weighted by molar-refractivity contribution is 6.15. The van der Waals surface area contributed by atoms with Crippen molar-refractivity contribution in [1.82, 2.24) is 25.6 Å². The zero-order chi connectivity index (χ0) is 33.9. The Morgan fingerprint density at radius 3 is 1.50 bits per heavy atom. The number of rotatable bonds is 8. The van der Waals surface area contributed by atoms with Gasteiger partial charge >= 0.3 is 0 Å². The predicted octanol–water partition coefficient (Wildman–Crippen LogP) is 9.93. The van der Waals surface area contributed by atoms with Crippen molar-refractivity contribution in [3.8, 4) is 0 Å². The van der Waals surface area contributed by atoms with Gasteiger partial charge in [0.15, 0.2) is 0 Å². The quantitative estimate of drug-likeness (QED) is 0.0973. The second kappa shape index (κ2) is 14.2. The topological polar surface area (TPSA) is 62.7 Å². The molecule has 0 aliphatic rings. The van der Waals surface area contributed by atoms with Crippen molar-refractivity contribution in [3.63, 3.8) is 0 Å². The van der Waals surface area contributed by atoms with E-state index in [4.69, 9.17) is 9.97 Å². The molecule has 0 radical (unpaired) electrons. The molecule has 0 fully saturated rings. The third-order valence-corrected chi connectivity index (χ3v) is 9.92. The summed E-state index contributed by atoms with van der Waals surface area (Å²) in [6, 6.07) is 42.8. The molecular formula is C45H41N5. The summed E-state index contributed by atoms with van der Waals surface area (Å²) in [7, 11) is 4.02. The molecule has 5 heteroatoms. The fraction of sp³-hybridized carbons (Fsp3) is 0.178. The van der Waals surface area contributed by atoms with E-state index in [1.807, 2.05) is 32.4 Å². The highest BCUT2D eigenvalue weighted by Gasteiger charge is 2.14. The SMILES string of the molecule is CNCCCc1c2ccc3ccccc3c2nc2c1ccc1ccccc12.CNCCCc1c2ccccc2nc2c1cnc1ccccc12. The van der Waals surface area contributed by atoms with E-state index in [1.54, 1.807) is 0 Å². The lowest BCUT2D eigenvalue weighted by molar-refractivity contribution is 0.728. The second-order valence-corrected chi connectivity index (χ2v) is 13.0. The van der Waals surface area contributed by atoms with E-state index in [0.717, 1.165) is 71.7 Å². The van der Waals surface area contributed by atoms with E-state index in [9.17, 15) is 0 Å². The van der Waals surface area contributed by atoms with Crippen LogP contribution in [0, 0.1) is 0 Å². The Bertz CT molecular complexity index is 2550. The minimum atomic E-state index is 1.00. The lowest BCUT2D eigenvalue weighted by Crippen LogP contribution is -2.08. The van der Waals surface area contributed by atoms with Crippen molar-refractivity contribution in [2.45, 2.75) is 25.7 Å². The number of fused-ring (bicyclic) bond motifs is 10. The van der Waals surface area contributed by atoms with Crippen molar-refractivity contribution in [3.05, 3.63) is 139 Å². The van der Waals surface area contributed by atoms with Crippen LogP contribution in [0.4, 0.5) is 0 Å². The molecule has 50 heavy (non-hydrogen) atoms. The molecule has 9 aromatic rings. The van der Waals surface area contributed by atoms with Gasteiger partial charge in [0, 0.05) is 43.9 Å². The van der Waals surface area contributed by atoms with Gasteiger partial charge < -0.3 is 10.6 Å². The lowest BCUT2D eigenvalue weighted by atomic mass is 9.94. The maximum absolute atomic E-state index is 5.21. The highest BCUT2D eigenvalue weighted by atomic mass is 14.8. The van der Waals surface area contributed by atoms with Gasteiger partial charge in [0.1, 0.15) is 0 Å². The Morgan fingerprint density at radius 2 is 0.900 bits per heavy atom. The summed E-state index contributed by atoms with van der Waals surface area (Å²) in [6.45, 7) is 2.03. The zero-order valence-electron chi connectivity index (χ0n) is 28.7. The van der Waals surface area contributed by atoms with Crippen molar-refractivity contribution < 1.29 is 0 Å². The van der Waals surface area contributed by atoms with Crippen LogP contribution >= 0.6 is 0 Å². The van der Waals surface area contributed by atoms with Crippen molar-refractivity contribution in [1.29, 1.82) is 0 Å². The number of nitrogens with zero attached hydrogens (tertiary/aromatic N) is 3. The lowest BCUT2D eigenvalue weighted by Gasteiger charge is -2.14. The molecule has 0 saturated heterocycles. The minimum Gasteiger partial charge on any atom is -0.320 e. The number of pyridine rings is 3. The van der Waals surface area contributed by atoms with E-state index >= 15 is 0 Å². The van der Waals surface area contributed by atoms with Crippen molar-refractivity contribution in [2.75, 3.05) is 27.2 Å². The van der Waals surface area contributed by atoms with E-state index in [1.165, 1.54) is 54.2 Å². The Morgan fingerprint density at radius 1 is 0.420 bits per heavy atom. The van der Waals surface area contributed by atoms with Gasteiger partial charge in [-0.1, -0.05) is 109 Å². The van der Waals surface area contributed by atoms with Crippen LogP contribution in [0.2, 0.25) is 0 Å². The Balaban J connectivity index is 0.000000146. The first kappa shape index (κ1) is 31.8. The molecular weight excluding hydrogens is 611 g/mol. The Labute approximate surface area is 292 Å². The summed E-state index contributed by atoms with van der Waals surface area (Å²) >= 11 is 0. The molecule has 0 aliphatic heterocycles. The third-order valence-electron chi connectivity index (χ3n) is 9.92. The fourth-order valence-electron chi connectivity index (χ4n) is 7.48. The summed E-state index contributed by atoms with van der Waals surface area (Å²) in [5.41, 5.74) is 8.15. The second-order valence-electron chi connectivity index (χ2n) is 13.0. The first-order valence-electron chi connectivity index (χ1n) is 17.7. The molecule has 3 aromatic heterocycles. The maximum atomic E-state index is 5.21. The number of benzene rings is 6. The van der Waals surface area contributed by atoms with E-state index in [0.29, 0.717) is 0 Å². The van der Waals surface area contributed by atoms with E-state index in [2.05, 4.69) is 125 Å². The van der Waals surface area contributed by atoms with Gasteiger partial charge in [0.25, 0.3) is 0 Å². The monoisotopic (exact) mass is 651 g/mol. The predicted molar refractivity (Wildman–Crippen MR) is 213 cm³/mol. The Hall–Kier alpha value is -5.49. The van der Waals surface area contributed by atoms with Crippen LogP contribution in [0.5, 0.6) is 0 Å². The molecule has 0 atom stereocenters. The first-order chi connectivity index (χ1) is 24.7. The van der Waals surface area contributed by atoms with Crippen molar-refractivity contribution in [2.24, 2.45) is 0 Å². The van der Waals surface area contributed by atoms with Gasteiger partial charge in [0.2, 0.25) is 0 Å². The molecule has 0 bridgehead atoms. The maximum Gasteiger partial charge on any atom is 0.0821 e. The molecule has 6 aromatic carbocycles. The average Bonchev–Trinajstić information content (AvgIpc) is 3.17. The first-order valence-corrected chi connectivity index (χ1v) is 17.7. The number of hydrogen-bond donors (Lipinski definition) is 2. The van der Waals surface area contributed by atoms with Crippen LogP contribution in [0.1, 0.15) is 24.0 Å². The number of hydrogen-bond acceptors (Lipinski definition) is 5. The van der Waals surface area contributed by atoms with Crippen LogP contribution < -0.4 is 10.6 Å². The molecule has 9 rings (SSSR count). The van der Waals surface area contributed by atoms with Gasteiger partial charge in [0.05, 0.1) is 27.6 Å². The number of nitrogens with one attached hydrogen (secondary N) is 2. The molecule has 0 aliphatic carbocycles. The number of aromatic nitrogens is 3. The fourth-order valence-corrected chi connectivity index (χ4v) is 7.48. The molecule has 2 N–H and O–H groups in total. The van der Waals surface area contributed by atoms with E-state index in [-0.39, 0.29) is 0 Å². The highest BCUT2D eigenvalue weighted by Crippen LogP contribution is 2.35. The van der Waals surface area contributed by atoms with Gasteiger partial charge in [-0.15, -0.1) is 0 Å². The van der Waals surface area contributed by atoms with Gasteiger partial charge in [-0.3, -0.25) is 4.98 Å². The molecule has 0 saturated carbocycles. The molecule has 5 nitrogen and oxygen atoms in total. The summed E-state index contributed by atoms with van der Waals surface area (Å²) in [5, 5.41) is 17.6. The number of para-hydroxylation sites is 2. The summed E-state index contributed by atoms with van der Waals surface area (Å²) in [6.07, 6.45) is 6.29. The van der Waals surface area contributed by atoms with Gasteiger partial charge in [-0.2, -0.15) is 0 Å². The summed E-state index contributed by atoms with van der Waals surface area (Å²) in [4.78, 5) is 14.8. The van der Waals surface area contributed by atoms with Crippen LogP contribution in [-0.4, -0.2) is 42.1 Å². The largest absolute Gasteiger partial charge is 0.320 e. The summed E-state index contributed by atoms with van der Waals surface area (Å²) in [5.74, 6) is 0. The zero-order valence-corrected chi connectivity index (χ0v) is 28.7. The standard InChI is InChI=1S/C25H22N2.C20H19N3/c1-26-16-6-11-21-22-14-12-17-7-2-4-9-19(17)24(22)27-25-20-10-5-3-8-18(20)13-15-23(21)25;1-21-12-6-9-14-15-7-2-5-11-19(15)23-20-16-8-3-4-10-18(16)22-13-17(14)20/h2-5,7-10,12-15,26H,6,11,16H2,1H3;2-5,7-8,10-11,13,21H,6,9,12H2,1H3. The van der Waals surface area contributed by atoms with Crippen LogP contribution in [-0.2, 0) is 12.8 Å². The molecule has 0 spiro atoms. The van der Waals surface area contributed by atoms with Crippen LogP contribution in [0.15, 0.2) is 128 Å². The smallest absolute Gasteiger partial charge is 0.0821 e. The van der Waals surface area contributed by atoms with Gasteiger partial charge in [-0.05, 0) is 86.9 Å². The van der Waals surface area contributed by atoms with Crippen LogP contribution in [0.25, 0.3) is 76.1 Å². The van der Waals surface area contributed by atoms with Crippen molar-refractivity contribution >= 4 is 76.1 Å². The van der Waals surface area contributed by atoms with Crippen LogP contribution in [0.3, 0.4) is 0 Å². The third kappa shape index (κ3) is 5.89. The molecule has 0 unspecified atom stereocenters. The van der Waals surface area contributed by atoms with Gasteiger partial charge in [-0.25, -0.2) is 9.97 Å². The average molecular weight is 652 g/mol. The summed E-state index contributed by atoms with van der Waals surface area (Å²) < 4.78 is 0. The molecule has 246 valence electrons.